The van der Waals surface area contributed by atoms with E-state index >= 15 is 0 Å². The van der Waals surface area contributed by atoms with Gasteiger partial charge in [0.25, 0.3) is 0 Å². The molecule has 1 aliphatic rings. The fraction of sp³-hybridized carbons (Fsp3) is 0.643. The van der Waals surface area contributed by atoms with Gasteiger partial charge in [-0.25, -0.2) is 0 Å². The molecule has 1 aromatic rings. The molecule has 1 saturated carbocycles. The number of hydrogen-bond donors (Lipinski definition) is 1. The molecule has 1 N–H and O–H groups in total. The lowest BCUT2D eigenvalue weighted by molar-refractivity contribution is -0.121. The van der Waals surface area contributed by atoms with E-state index in [1.54, 1.807) is 11.3 Å². The molecule has 2 rings (SSSR count). The second kappa shape index (κ2) is 5.67. The summed E-state index contributed by atoms with van der Waals surface area (Å²) >= 11 is 1.65. The topological polar surface area (TPSA) is 29.1 Å². The molecule has 1 amide bonds. The molecular formula is C14H21NOS. The minimum Gasteiger partial charge on any atom is -0.353 e. The minimum atomic E-state index is 0.179. The largest absolute Gasteiger partial charge is 0.353 e. The molecule has 1 heterocycles. The third-order valence-electron chi connectivity index (χ3n) is 3.97. The number of amides is 1. The average Bonchev–Trinajstić information content (AvgIpc) is 2.77. The maximum Gasteiger partial charge on any atom is 0.225 e. The summed E-state index contributed by atoms with van der Waals surface area (Å²) in [7, 11) is 0. The Hall–Kier alpha value is -0.830. The average molecular weight is 251 g/mol. The predicted molar refractivity (Wildman–Crippen MR) is 72.1 cm³/mol. The third-order valence-corrected chi connectivity index (χ3v) is 4.84. The first-order chi connectivity index (χ1) is 8.16. The lowest BCUT2D eigenvalue weighted by Crippen LogP contribution is -2.44. The molecule has 3 atom stereocenters. The maximum absolute atomic E-state index is 11.9. The van der Waals surface area contributed by atoms with Crippen LogP contribution in [0.4, 0.5) is 0 Å². The zero-order chi connectivity index (χ0) is 12.3. The van der Waals surface area contributed by atoms with E-state index in [0.717, 1.165) is 17.2 Å². The normalized spacial score (nSPS) is 28.9. The molecule has 0 saturated heterocycles. The van der Waals surface area contributed by atoms with Crippen LogP contribution in [-0.4, -0.2) is 11.9 Å². The molecule has 94 valence electrons. The Labute approximate surface area is 107 Å². The van der Waals surface area contributed by atoms with Gasteiger partial charge >= 0.3 is 0 Å². The highest BCUT2D eigenvalue weighted by atomic mass is 32.1. The fourth-order valence-electron chi connectivity index (χ4n) is 2.61. The first-order valence-corrected chi connectivity index (χ1v) is 7.36. The van der Waals surface area contributed by atoms with E-state index in [2.05, 4.69) is 19.2 Å². The van der Waals surface area contributed by atoms with E-state index in [-0.39, 0.29) is 5.91 Å². The quantitative estimate of drug-likeness (QED) is 0.878. The third kappa shape index (κ3) is 3.32. The van der Waals surface area contributed by atoms with Crippen molar-refractivity contribution in [2.75, 3.05) is 0 Å². The molecule has 0 aliphatic heterocycles. The van der Waals surface area contributed by atoms with Crippen LogP contribution < -0.4 is 5.32 Å². The summed E-state index contributed by atoms with van der Waals surface area (Å²) in [5.41, 5.74) is 0. The van der Waals surface area contributed by atoms with Crippen molar-refractivity contribution >= 4 is 17.2 Å². The van der Waals surface area contributed by atoms with Crippen molar-refractivity contribution in [2.24, 2.45) is 11.8 Å². The predicted octanol–water partition coefficient (Wildman–Crippen LogP) is 3.23. The summed E-state index contributed by atoms with van der Waals surface area (Å²) in [6.07, 6.45) is 4.23. The van der Waals surface area contributed by atoms with Crippen LogP contribution in [0.15, 0.2) is 17.5 Å². The molecule has 1 aromatic heterocycles. The first-order valence-electron chi connectivity index (χ1n) is 6.48. The molecule has 1 aliphatic carbocycles. The Bertz CT molecular complexity index is 360. The molecule has 3 heteroatoms. The molecular weight excluding hydrogens is 230 g/mol. The van der Waals surface area contributed by atoms with Crippen molar-refractivity contribution in [1.82, 2.24) is 5.32 Å². The lowest BCUT2D eigenvalue weighted by atomic mass is 9.78. The van der Waals surface area contributed by atoms with Gasteiger partial charge in [-0.15, -0.1) is 11.3 Å². The van der Waals surface area contributed by atoms with Gasteiger partial charge in [-0.3, -0.25) is 4.79 Å². The minimum absolute atomic E-state index is 0.179. The number of hydrogen-bond acceptors (Lipinski definition) is 2. The summed E-state index contributed by atoms with van der Waals surface area (Å²) in [5.74, 6) is 1.52. The van der Waals surface area contributed by atoms with E-state index in [0.29, 0.717) is 18.4 Å². The zero-order valence-electron chi connectivity index (χ0n) is 10.6. The highest BCUT2D eigenvalue weighted by molar-refractivity contribution is 7.10. The molecule has 0 unspecified atom stereocenters. The molecule has 2 nitrogen and oxygen atoms in total. The van der Waals surface area contributed by atoms with Crippen LogP contribution in [0, 0.1) is 11.8 Å². The maximum atomic E-state index is 11.9. The number of thiophene rings is 1. The second-order valence-corrected chi connectivity index (χ2v) is 6.23. The van der Waals surface area contributed by atoms with Gasteiger partial charge < -0.3 is 5.32 Å². The van der Waals surface area contributed by atoms with Crippen LogP contribution in [0.5, 0.6) is 0 Å². The number of rotatable bonds is 3. The van der Waals surface area contributed by atoms with Crippen molar-refractivity contribution in [3.8, 4) is 0 Å². The van der Waals surface area contributed by atoms with Gasteiger partial charge in [0.05, 0.1) is 6.42 Å². The highest BCUT2D eigenvalue weighted by Crippen LogP contribution is 2.29. The molecule has 17 heavy (non-hydrogen) atoms. The van der Waals surface area contributed by atoms with Crippen LogP contribution in [0.3, 0.4) is 0 Å². The smallest absolute Gasteiger partial charge is 0.225 e. The van der Waals surface area contributed by atoms with E-state index in [1.807, 2.05) is 17.5 Å². The standard InChI is InChI=1S/C14H21NOS/c1-10-5-3-7-13(11(10)2)15-14(16)9-12-6-4-8-17-12/h4,6,8,10-11,13H,3,5,7,9H2,1-2H3,(H,15,16)/t10-,11+,13-/m0/s1. The van der Waals surface area contributed by atoms with Crippen LogP contribution in [0.1, 0.15) is 38.0 Å². The lowest BCUT2D eigenvalue weighted by Gasteiger charge is -2.34. The van der Waals surface area contributed by atoms with E-state index in [9.17, 15) is 4.79 Å². The van der Waals surface area contributed by atoms with Gasteiger partial charge in [0.15, 0.2) is 0 Å². The highest BCUT2D eigenvalue weighted by Gasteiger charge is 2.27. The number of nitrogens with one attached hydrogen (secondary N) is 1. The van der Waals surface area contributed by atoms with Crippen LogP contribution in [0.25, 0.3) is 0 Å². The molecule has 0 bridgehead atoms. The Morgan fingerprint density at radius 3 is 3.00 bits per heavy atom. The Morgan fingerprint density at radius 1 is 1.47 bits per heavy atom. The molecule has 0 spiro atoms. The van der Waals surface area contributed by atoms with E-state index in [1.165, 1.54) is 12.8 Å². The summed E-state index contributed by atoms with van der Waals surface area (Å²) in [6.45, 7) is 4.56. The van der Waals surface area contributed by atoms with Crippen molar-refractivity contribution in [3.05, 3.63) is 22.4 Å². The van der Waals surface area contributed by atoms with Crippen molar-refractivity contribution in [1.29, 1.82) is 0 Å². The Morgan fingerprint density at radius 2 is 2.29 bits per heavy atom. The van der Waals surface area contributed by atoms with Gasteiger partial charge in [-0.05, 0) is 29.7 Å². The monoisotopic (exact) mass is 251 g/mol. The number of carbonyl (C=O) groups is 1. The molecule has 0 aromatic carbocycles. The summed E-state index contributed by atoms with van der Waals surface area (Å²) in [6, 6.07) is 4.40. The SMILES string of the molecule is C[C@H]1[C@@H](NC(=O)Cc2cccs2)CCC[C@@H]1C. The van der Waals surface area contributed by atoms with Gasteiger partial charge in [0, 0.05) is 10.9 Å². The van der Waals surface area contributed by atoms with E-state index < -0.39 is 0 Å². The summed E-state index contributed by atoms with van der Waals surface area (Å²) < 4.78 is 0. The van der Waals surface area contributed by atoms with Crippen molar-refractivity contribution < 1.29 is 4.79 Å². The van der Waals surface area contributed by atoms with Crippen molar-refractivity contribution in [2.45, 2.75) is 45.6 Å². The van der Waals surface area contributed by atoms with Crippen LogP contribution >= 0.6 is 11.3 Å². The molecule has 0 radical (unpaired) electrons. The zero-order valence-corrected chi connectivity index (χ0v) is 11.4. The van der Waals surface area contributed by atoms with Gasteiger partial charge in [-0.2, -0.15) is 0 Å². The summed E-state index contributed by atoms with van der Waals surface area (Å²) in [4.78, 5) is 13.1. The van der Waals surface area contributed by atoms with Crippen LogP contribution in [0.2, 0.25) is 0 Å². The number of carbonyl (C=O) groups excluding carboxylic acids is 1. The van der Waals surface area contributed by atoms with Gasteiger partial charge in [-0.1, -0.05) is 32.8 Å². The second-order valence-electron chi connectivity index (χ2n) is 5.20. The summed E-state index contributed by atoms with van der Waals surface area (Å²) in [5, 5.41) is 5.23. The van der Waals surface area contributed by atoms with Crippen LogP contribution in [-0.2, 0) is 11.2 Å². The van der Waals surface area contributed by atoms with Gasteiger partial charge in [0.2, 0.25) is 5.91 Å². The van der Waals surface area contributed by atoms with Crippen molar-refractivity contribution in [3.63, 3.8) is 0 Å². The van der Waals surface area contributed by atoms with E-state index in [4.69, 9.17) is 0 Å². The molecule has 1 fully saturated rings. The Balaban J connectivity index is 1.85. The van der Waals surface area contributed by atoms with Gasteiger partial charge in [0.1, 0.15) is 0 Å². The fourth-order valence-corrected chi connectivity index (χ4v) is 3.32. The first kappa shape index (κ1) is 12.6. The Kier molecular flexibility index (Phi) is 4.21.